The average Bonchev–Trinajstić information content (AvgIpc) is 2.30. The molecule has 0 amide bonds. The largest absolute Gasteiger partial charge is 0.492 e. The summed E-state index contributed by atoms with van der Waals surface area (Å²) in [5, 5.41) is 3.55. The summed E-state index contributed by atoms with van der Waals surface area (Å²) < 4.78 is 7.58. The Morgan fingerprint density at radius 1 is 1.16 bits per heavy atom. The van der Waals surface area contributed by atoms with Crippen molar-refractivity contribution in [2.45, 2.75) is 46.7 Å². The molecule has 0 aromatic heterocycles. The normalized spacial score (nSPS) is 12.8. The molecule has 1 aromatic rings. The Morgan fingerprint density at radius 3 is 2.21 bits per heavy atom. The molecule has 0 spiro atoms. The average molecular weight is 393 g/mol. The van der Waals surface area contributed by atoms with E-state index in [1.165, 1.54) is 12.0 Å². The molecule has 0 aliphatic carbocycles. The first kappa shape index (κ1) is 17.0. The van der Waals surface area contributed by atoms with Gasteiger partial charge >= 0.3 is 0 Å². The predicted molar refractivity (Wildman–Crippen MR) is 88.8 cm³/mol. The van der Waals surface area contributed by atoms with Crippen LogP contribution in [-0.4, -0.2) is 12.6 Å². The third kappa shape index (κ3) is 5.84. The zero-order valence-electron chi connectivity index (χ0n) is 12.1. The maximum Gasteiger partial charge on any atom is 0.147 e. The van der Waals surface area contributed by atoms with E-state index in [0.29, 0.717) is 12.6 Å². The van der Waals surface area contributed by atoms with Gasteiger partial charge in [0.05, 0.1) is 15.6 Å². The number of benzene rings is 1. The first-order valence-corrected chi connectivity index (χ1v) is 8.36. The van der Waals surface area contributed by atoms with Gasteiger partial charge in [-0.3, -0.25) is 0 Å². The van der Waals surface area contributed by atoms with E-state index >= 15 is 0 Å². The summed E-state index contributed by atoms with van der Waals surface area (Å²) in [4.78, 5) is 0. The first-order valence-electron chi connectivity index (χ1n) is 6.78. The molecule has 1 rings (SSSR count). The molecule has 108 valence electrons. The second-order valence-corrected chi connectivity index (χ2v) is 6.94. The Labute approximate surface area is 133 Å². The summed E-state index contributed by atoms with van der Waals surface area (Å²) in [6.45, 7) is 10.3. The highest BCUT2D eigenvalue weighted by Crippen LogP contribution is 2.34. The van der Waals surface area contributed by atoms with Crippen LogP contribution in [0.15, 0.2) is 21.1 Å². The van der Waals surface area contributed by atoms with Gasteiger partial charge in [0.2, 0.25) is 0 Å². The molecule has 0 saturated carbocycles. The van der Waals surface area contributed by atoms with Crippen LogP contribution < -0.4 is 10.1 Å². The van der Waals surface area contributed by atoms with Crippen LogP contribution in [-0.2, 0) is 6.54 Å². The van der Waals surface area contributed by atoms with Crippen LogP contribution in [0.2, 0.25) is 0 Å². The van der Waals surface area contributed by atoms with Crippen molar-refractivity contribution in [2.24, 2.45) is 5.92 Å². The zero-order valence-corrected chi connectivity index (χ0v) is 15.3. The molecule has 4 heteroatoms. The second-order valence-electron chi connectivity index (χ2n) is 5.23. The molecular weight excluding hydrogens is 370 g/mol. The van der Waals surface area contributed by atoms with Crippen molar-refractivity contribution in [2.75, 3.05) is 6.61 Å². The minimum absolute atomic E-state index is 0.532. The topological polar surface area (TPSA) is 21.3 Å². The monoisotopic (exact) mass is 391 g/mol. The maximum absolute atomic E-state index is 5.59. The van der Waals surface area contributed by atoms with Crippen LogP contribution in [0.25, 0.3) is 0 Å². The molecule has 1 N–H and O–H groups in total. The van der Waals surface area contributed by atoms with Gasteiger partial charge in [-0.2, -0.15) is 0 Å². The van der Waals surface area contributed by atoms with Gasteiger partial charge in [0.25, 0.3) is 0 Å². The molecule has 1 aromatic carbocycles. The van der Waals surface area contributed by atoms with E-state index in [-0.39, 0.29) is 0 Å². The van der Waals surface area contributed by atoms with E-state index in [1.807, 2.05) is 6.92 Å². The summed E-state index contributed by atoms with van der Waals surface area (Å²) in [5.74, 6) is 1.60. The minimum atomic E-state index is 0.532. The minimum Gasteiger partial charge on any atom is -0.492 e. The second kappa shape index (κ2) is 8.28. The van der Waals surface area contributed by atoms with E-state index in [9.17, 15) is 0 Å². The number of hydrogen-bond acceptors (Lipinski definition) is 2. The quantitative estimate of drug-likeness (QED) is 0.693. The number of rotatable bonds is 7. The van der Waals surface area contributed by atoms with Crippen LogP contribution in [0.1, 0.15) is 39.7 Å². The Hall–Kier alpha value is -0.0600. The van der Waals surface area contributed by atoms with Crippen LogP contribution in [0.4, 0.5) is 0 Å². The maximum atomic E-state index is 5.59. The predicted octanol–water partition coefficient (Wildman–Crippen LogP) is 5.13. The van der Waals surface area contributed by atoms with Gasteiger partial charge in [-0.15, -0.1) is 0 Å². The van der Waals surface area contributed by atoms with E-state index in [4.69, 9.17) is 4.74 Å². The molecule has 0 aliphatic rings. The van der Waals surface area contributed by atoms with Gasteiger partial charge in [-0.1, -0.05) is 13.8 Å². The van der Waals surface area contributed by atoms with Crippen molar-refractivity contribution in [3.8, 4) is 5.75 Å². The molecular formula is C15H23Br2NO. The van der Waals surface area contributed by atoms with E-state index in [1.54, 1.807) is 0 Å². The smallest absolute Gasteiger partial charge is 0.147 e. The van der Waals surface area contributed by atoms with E-state index in [0.717, 1.165) is 27.2 Å². The fourth-order valence-electron chi connectivity index (χ4n) is 2.08. The van der Waals surface area contributed by atoms with Crippen molar-refractivity contribution in [3.05, 3.63) is 26.6 Å². The zero-order chi connectivity index (χ0) is 14.4. The molecule has 0 bridgehead atoms. The first-order chi connectivity index (χ1) is 8.93. The van der Waals surface area contributed by atoms with Crippen LogP contribution in [0.5, 0.6) is 5.75 Å². The van der Waals surface area contributed by atoms with Gasteiger partial charge in [-0.25, -0.2) is 0 Å². The van der Waals surface area contributed by atoms with E-state index < -0.39 is 0 Å². The number of nitrogens with one attached hydrogen (secondary N) is 1. The van der Waals surface area contributed by atoms with Crippen molar-refractivity contribution >= 4 is 31.9 Å². The third-order valence-electron chi connectivity index (χ3n) is 2.83. The highest BCUT2D eigenvalue weighted by molar-refractivity contribution is 9.11. The van der Waals surface area contributed by atoms with Gasteiger partial charge in [-0.05, 0) is 75.7 Å². The standard InChI is InChI=1S/C15H23Br2NO/c1-5-19-15-13(16)7-12(8-14(15)17)9-18-11(4)6-10(2)3/h7-8,10-11,18H,5-6,9H2,1-4H3. The van der Waals surface area contributed by atoms with Gasteiger partial charge in [0.1, 0.15) is 5.75 Å². The molecule has 1 unspecified atom stereocenters. The van der Waals surface area contributed by atoms with Crippen molar-refractivity contribution in [1.82, 2.24) is 5.32 Å². The van der Waals surface area contributed by atoms with Crippen LogP contribution in [0, 0.1) is 5.92 Å². The molecule has 0 fully saturated rings. The Morgan fingerprint density at radius 2 is 1.74 bits per heavy atom. The summed E-state index contributed by atoms with van der Waals surface area (Å²) in [6.07, 6.45) is 1.19. The summed E-state index contributed by atoms with van der Waals surface area (Å²) >= 11 is 7.13. The fraction of sp³-hybridized carbons (Fsp3) is 0.600. The summed E-state index contributed by atoms with van der Waals surface area (Å²) in [7, 11) is 0. The van der Waals surface area contributed by atoms with E-state index in [2.05, 4.69) is 70.1 Å². The lowest BCUT2D eigenvalue weighted by molar-refractivity contribution is 0.336. The Bertz CT molecular complexity index is 384. The van der Waals surface area contributed by atoms with Crippen LogP contribution in [0.3, 0.4) is 0 Å². The summed E-state index contributed by atoms with van der Waals surface area (Å²) in [5.41, 5.74) is 1.25. The van der Waals surface area contributed by atoms with Crippen molar-refractivity contribution in [3.63, 3.8) is 0 Å². The molecule has 1 atom stereocenters. The fourth-order valence-corrected chi connectivity index (χ4v) is 3.59. The Kier molecular flexibility index (Phi) is 7.40. The highest BCUT2D eigenvalue weighted by Gasteiger charge is 2.10. The number of ether oxygens (including phenoxy) is 1. The lowest BCUT2D eigenvalue weighted by Crippen LogP contribution is -2.26. The summed E-state index contributed by atoms with van der Waals surface area (Å²) in [6, 6.07) is 4.76. The molecule has 2 nitrogen and oxygen atoms in total. The number of hydrogen-bond donors (Lipinski definition) is 1. The molecule has 0 aliphatic heterocycles. The van der Waals surface area contributed by atoms with Crippen LogP contribution >= 0.6 is 31.9 Å². The lowest BCUT2D eigenvalue weighted by Gasteiger charge is -2.17. The molecule has 0 radical (unpaired) electrons. The SMILES string of the molecule is CCOc1c(Br)cc(CNC(C)CC(C)C)cc1Br. The molecule has 19 heavy (non-hydrogen) atoms. The molecule has 0 heterocycles. The lowest BCUT2D eigenvalue weighted by atomic mass is 10.1. The van der Waals surface area contributed by atoms with Gasteiger partial charge in [0, 0.05) is 12.6 Å². The highest BCUT2D eigenvalue weighted by atomic mass is 79.9. The number of halogens is 2. The van der Waals surface area contributed by atoms with Crippen molar-refractivity contribution < 1.29 is 4.74 Å². The van der Waals surface area contributed by atoms with Gasteiger partial charge in [0.15, 0.2) is 0 Å². The Balaban J connectivity index is 2.65. The van der Waals surface area contributed by atoms with Gasteiger partial charge < -0.3 is 10.1 Å². The molecule has 0 saturated heterocycles. The van der Waals surface area contributed by atoms with Crippen molar-refractivity contribution in [1.29, 1.82) is 0 Å². The third-order valence-corrected chi connectivity index (χ3v) is 4.00.